The summed E-state index contributed by atoms with van der Waals surface area (Å²) in [6, 6.07) is 14.7. The second-order valence-corrected chi connectivity index (χ2v) is 5.91. The van der Waals surface area contributed by atoms with Gasteiger partial charge in [0, 0.05) is 23.9 Å². The minimum absolute atomic E-state index is 0.145. The molecule has 0 spiro atoms. The van der Waals surface area contributed by atoms with Crippen LogP contribution in [0, 0.1) is 5.92 Å². The van der Waals surface area contributed by atoms with E-state index in [1.165, 1.54) is 0 Å². The van der Waals surface area contributed by atoms with Gasteiger partial charge in [-0.05, 0) is 42.2 Å². The number of hydrogen-bond donors (Lipinski definition) is 2. The lowest BCUT2D eigenvalue weighted by molar-refractivity contribution is 0.102. The molecule has 0 atom stereocenters. The van der Waals surface area contributed by atoms with Gasteiger partial charge in [-0.15, -0.1) is 0 Å². The highest BCUT2D eigenvalue weighted by Gasteiger charge is 2.06. The van der Waals surface area contributed by atoms with Gasteiger partial charge in [-0.2, -0.15) is 0 Å². The van der Waals surface area contributed by atoms with E-state index in [0.717, 1.165) is 23.4 Å². The number of benzene rings is 2. The number of hydrogen-bond acceptors (Lipinski definition) is 3. The number of amides is 1. The Morgan fingerprint density at radius 2 is 1.91 bits per heavy atom. The zero-order valence-electron chi connectivity index (χ0n) is 13.7. The quantitative estimate of drug-likeness (QED) is 0.817. The van der Waals surface area contributed by atoms with E-state index in [1.807, 2.05) is 36.4 Å². The third-order valence-electron chi connectivity index (χ3n) is 3.51. The molecular weight excluding hydrogens is 288 g/mol. The molecule has 4 nitrogen and oxygen atoms in total. The van der Waals surface area contributed by atoms with Gasteiger partial charge in [0.15, 0.2) is 0 Å². The Balaban J connectivity index is 1.97. The van der Waals surface area contributed by atoms with Crippen molar-refractivity contribution in [3.05, 3.63) is 59.7 Å². The molecule has 0 aliphatic rings. The van der Waals surface area contributed by atoms with Gasteiger partial charge < -0.3 is 15.8 Å². The number of nitrogens with one attached hydrogen (secondary N) is 1. The van der Waals surface area contributed by atoms with Gasteiger partial charge in [0.25, 0.3) is 5.91 Å². The van der Waals surface area contributed by atoms with Gasteiger partial charge in [0.05, 0.1) is 6.61 Å². The Hall–Kier alpha value is -2.33. The standard InChI is InChI=1S/C19H24N2O2/c1-14(2)10-11-23-18-5-3-4-17(12-18)21-19(22)16-8-6-15(13-20)7-9-16/h3-9,12,14H,10-11,13,20H2,1-2H3,(H,21,22). The van der Waals surface area contributed by atoms with Crippen molar-refractivity contribution in [2.75, 3.05) is 11.9 Å². The predicted octanol–water partition coefficient (Wildman–Crippen LogP) is 3.82. The van der Waals surface area contributed by atoms with Crippen molar-refractivity contribution in [3.8, 4) is 5.75 Å². The molecule has 0 radical (unpaired) electrons. The van der Waals surface area contributed by atoms with Crippen molar-refractivity contribution in [1.29, 1.82) is 0 Å². The van der Waals surface area contributed by atoms with Crippen LogP contribution in [0.5, 0.6) is 5.75 Å². The van der Waals surface area contributed by atoms with Gasteiger partial charge in [-0.25, -0.2) is 0 Å². The summed E-state index contributed by atoms with van der Waals surface area (Å²) in [5, 5.41) is 2.89. The monoisotopic (exact) mass is 312 g/mol. The second-order valence-electron chi connectivity index (χ2n) is 5.91. The van der Waals surface area contributed by atoms with E-state index < -0.39 is 0 Å². The van der Waals surface area contributed by atoms with Crippen molar-refractivity contribution >= 4 is 11.6 Å². The summed E-state index contributed by atoms with van der Waals surface area (Å²) >= 11 is 0. The first kappa shape index (κ1) is 17.0. The summed E-state index contributed by atoms with van der Waals surface area (Å²) < 4.78 is 5.71. The number of carbonyl (C=O) groups excluding carboxylic acids is 1. The molecule has 0 bridgehead atoms. The molecule has 0 heterocycles. The topological polar surface area (TPSA) is 64.3 Å². The maximum atomic E-state index is 12.2. The molecule has 0 saturated carbocycles. The molecule has 0 aromatic heterocycles. The molecule has 3 N–H and O–H groups in total. The van der Waals surface area contributed by atoms with Crippen molar-refractivity contribution in [3.63, 3.8) is 0 Å². The Morgan fingerprint density at radius 3 is 2.57 bits per heavy atom. The molecule has 2 rings (SSSR count). The molecule has 0 saturated heterocycles. The van der Waals surface area contributed by atoms with Crippen LogP contribution in [0.15, 0.2) is 48.5 Å². The maximum Gasteiger partial charge on any atom is 0.255 e. The minimum atomic E-state index is -0.145. The van der Waals surface area contributed by atoms with Crippen molar-refractivity contribution < 1.29 is 9.53 Å². The summed E-state index contributed by atoms with van der Waals surface area (Å²) in [5.74, 6) is 1.23. The molecule has 0 unspecified atom stereocenters. The summed E-state index contributed by atoms with van der Waals surface area (Å²) in [7, 11) is 0. The first-order valence-electron chi connectivity index (χ1n) is 7.91. The van der Waals surface area contributed by atoms with Crippen LogP contribution < -0.4 is 15.8 Å². The summed E-state index contributed by atoms with van der Waals surface area (Å²) in [5.41, 5.74) is 7.89. The summed E-state index contributed by atoms with van der Waals surface area (Å²) in [6.45, 7) is 5.47. The Morgan fingerprint density at radius 1 is 1.17 bits per heavy atom. The average molecular weight is 312 g/mol. The van der Waals surface area contributed by atoms with Gasteiger partial charge >= 0.3 is 0 Å². The van der Waals surface area contributed by atoms with E-state index in [9.17, 15) is 4.79 Å². The third-order valence-corrected chi connectivity index (χ3v) is 3.51. The Labute approximate surface area is 137 Å². The van der Waals surface area contributed by atoms with Crippen molar-refractivity contribution in [2.24, 2.45) is 11.7 Å². The smallest absolute Gasteiger partial charge is 0.255 e. The van der Waals surface area contributed by atoms with Crippen LogP contribution in [0.2, 0.25) is 0 Å². The minimum Gasteiger partial charge on any atom is -0.494 e. The van der Waals surface area contributed by atoms with Gasteiger partial charge in [-0.1, -0.05) is 32.0 Å². The van der Waals surface area contributed by atoms with Crippen molar-refractivity contribution in [2.45, 2.75) is 26.8 Å². The van der Waals surface area contributed by atoms with E-state index in [0.29, 0.717) is 24.6 Å². The second kappa shape index (κ2) is 8.34. The first-order chi connectivity index (χ1) is 11.1. The number of anilines is 1. The van der Waals surface area contributed by atoms with E-state index in [2.05, 4.69) is 19.2 Å². The molecule has 1 amide bonds. The van der Waals surface area contributed by atoms with Crippen LogP contribution in [0.1, 0.15) is 36.2 Å². The highest BCUT2D eigenvalue weighted by atomic mass is 16.5. The lowest BCUT2D eigenvalue weighted by atomic mass is 10.1. The zero-order valence-corrected chi connectivity index (χ0v) is 13.7. The van der Waals surface area contributed by atoms with Gasteiger partial charge in [0.1, 0.15) is 5.75 Å². The van der Waals surface area contributed by atoms with Crippen LogP contribution in [0.25, 0.3) is 0 Å². The normalized spacial score (nSPS) is 10.6. The maximum absolute atomic E-state index is 12.2. The fraction of sp³-hybridized carbons (Fsp3) is 0.316. The number of nitrogens with two attached hydrogens (primary N) is 1. The first-order valence-corrected chi connectivity index (χ1v) is 7.91. The molecule has 0 aliphatic heterocycles. The zero-order chi connectivity index (χ0) is 16.7. The van der Waals surface area contributed by atoms with Crippen molar-refractivity contribution in [1.82, 2.24) is 0 Å². The highest BCUT2D eigenvalue weighted by molar-refractivity contribution is 6.04. The molecule has 4 heteroatoms. The molecule has 2 aromatic rings. The number of carbonyl (C=O) groups is 1. The van der Waals surface area contributed by atoms with Crippen LogP contribution in [-0.2, 0) is 6.54 Å². The Bertz CT molecular complexity index is 636. The van der Waals surface area contributed by atoms with E-state index in [1.54, 1.807) is 12.1 Å². The van der Waals surface area contributed by atoms with E-state index in [4.69, 9.17) is 10.5 Å². The molecule has 0 fully saturated rings. The molecule has 0 aliphatic carbocycles. The SMILES string of the molecule is CC(C)CCOc1cccc(NC(=O)c2ccc(CN)cc2)c1. The lowest BCUT2D eigenvalue weighted by Crippen LogP contribution is -2.12. The summed E-state index contributed by atoms with van der Waals surface area (Å²) in [4.78, 5) is 12.2. The van der Waals surface area contributed by atoms with Crippen LogP contribution in [0.4, 0.5) is 5.69 Å². The molecular formula is C19H24N2O2. The van der Waals surface area contributed by atoms with E-state index >= 15 is 0 Å². The molecule has 23 heavy (non-hydrogen) atoms. The largest absolute Gasteiger partial charge is 0.494 e. The fourth-order valence-corrected chi connectivity index (χ4v) is 2.07. The van der Waals surface area contributed by atoms with E-state index in [-0.39, 0.29) is 5.91 Å². The average Bonchev–Trinajstić information content (AvgIpc) is 2.55. The summed E-state index contributed by atoms with van der Waals surface area (Å²) in [6.07, 6.45) is 1.00. The predicted molar refractivity (Wildman–Crippen MR) is 93.7 cm³/mol. The number of ether oxygens (including phenoxy) is 1. The van der Waals surface area contributed by atoms with Gasteiger partial charge in [0.2, 0.25) is 0 Å². The highest BCUT2D eigenvalue weighted by Crippen LogP contribution is 2.19. The lowest BCUT2D eigenvalue weighted by Gasteiger charge is -2.10. The molecule has 2 aromatic carbocycles. The van der Waals surface area contributed by atoms with Gasteiger partial charge in [-0.3, -0.25) is 4.79 Å². The van der Waals surface area contributed by atoms with Crippen LogP contribution in [0.3, 0.4) is 0 Å². The number of rotatable bonds is 7. The van der Waals surface area contributed by atoms with Crippen LogP contribution >= 0.6 is 0 Å². The van der Waals surface area contributed by atoms with Crippen LogP contribution in [-0.4, -0.2) is 12.5 Å². The fourth-order valence-electron chi connectivity index (χ4n) is 2.07. The Kier molecular flexibility index (Phi) is 6.18. The third kappa shape index (κ3) is 5.42. The molecule has 122 valence electrons.